The first kappa shape index (κ1) is 29.3. The molecule has 7 nitrogen and oxygen atoms in total. The van der Waals surface area contributed by atoms with E-state index >= 15 is 0 Å². The van der Waals surface area contributed by atoms with Gasteiger partial charge in [0.05, 0.1) is 17.7 Å². The van der Waals surface area contributed by atoms with E-state index in [4.69, 9.17) is 5.41 Å². The van der Waals surface area contributed by atoms with E-state index in [-0.39, 0.29) is 41.4 Å². The van der Waals surface area contributed by atoms with Crippen molar-refractivity contribution < 1.29 is 19.5 Å². The Morgan fingerprint density at radius 1 is 1.22 bits per heavy atom. The van der Waals surface area contributed by atoms with Gasteiger partial charge in [-0.05, 0) is 43.1 Å². The molecule has 0 aromatic carbocycles. The SMILES string of the molecule is C=C(N=C(C)[C@@H]1C[C@@H](O)CC1CC(=O)[C@@H](C(=N)C(C)=O)C(C)(C)C)C(=O)N(C)CC1=CC=CCC=C1. The highest BCUT2D eigenvalue weighted by Gasteiger charge is 2.41. The minimum Gasteiger partial charge on any atom is -0.393 e. The highest BCUT2D eigenvalue weighted by Crippen LogP contribution is 2.39. The number of aliphatic imine (C=N–C) groups is 1. The first-order chi connectivity index (χ1) is 16.7. The van der Waals surface area contributed by atoms with Crippen molar-refractivity contribution in [1.82, 2.24) is 4.90 Å². The molecule has 0 aromatic heterocycles. The lowest BCUT2D eigenvalue weighted by Gasteiger charge is -2.31. The second-order valence-corrected chi connectivity index (χ2v) is 11.1. The highest BCUT2D eigenvalue weighted by molar-refractivity contribution is 6.42. The third kappa shape index (κ3) is 7.79. The zero-order valence-corrected chi connectivity index (χ0v) is 22.5. The van der Waals surface area contributed by atoms with E-state index < -0.39 is 23.2 Å². The summed E-state index contributed by atoms with van der Waals surface area (Å²) in [4.78, 5) is 44.2. The molecule has 0 aliphatic heterocycles. The van der Waals surface area contributed by atoms with Gasteiger partial charge in [-0.25, -0.2) is 0 Å². The monoisotopic (exact) mass is 495 g/mol. The number of aliphatic hydroxyl groups excluding tert-OH is 1. The average molecular weight is 496 g/mol. The van der Waals surface area contributed by atoms with E-state index in [0.717, 1.165) is 12.0 Å². The third-order valence-corrected chi connectivity index (χ3v) is 6.90. The average Bonchev–Trinajstić information content (AvgIpc) is 2.95. The summed E-state index contributed by atoms with van der Waals surface area (Å²) in [6.45, 7) is 13.0. The fourth-order valence-corrected chi connectivity index (χ4v) is 5.13. The number of ketones is 2. The van der Waals surface area contributed by atoms with Crippen LogP contribution in [-0.2, 0) is 14.4 Å². The minimum atomic E-state index is -0.807. The first-order valence-electron chi connectivity index (χ1n) is 12.5. The van der Waals surface area contributed by atoms with Gasteiger partial charge in [-0.1, -0.05) is 57.7 Å². The van der Waals surface area contributed by atoms with Gasteiger partial charge in [-0.3, -0.25) is 19.4 Å². The lowest BCUT2D eigenvalue weighted by molar-refractivity contribution is -0.126. The van der Waals surface area contributed by atoms with Crippen LogP contribution in [0.5, 0.6) is 0 Å². The van der Waals surface area contributed by atoms with E-state index in [1.807, 2.05) is 51.2 Å². The number of carbonyl (C=O) groups excluding carboxylic acids is 3. The van der Waals surface area contributed by atoms with E-state index in [2.05, 4.69) is 11.6 Å². The summed E-state index contributed by atoms with van der Waals surface area (Å²) in [6, 6.07) is 0. The normalized spacial score (nSPS) is 23.0. The molecule has 1 saturated carbocycles. The topological polar surface area (TPSA) is 111 Å². The Hall–Kier alpha value is -2.93. The van der Waals surface area contributed by atoms with Crippen LogP contribution in [0.25, 0.3) is 0 Å². The standard InChI is InChI=1S/C29H41N3O4/c1-18(31-19(2)28(36)32(7)17-21-12-10-8-9-11-13-21)24-16-23(34)14-22(24)15-25(35)26(29(4,5)6)27(30)20(3)33/h8,10-13,22-24,26,30,34H,2,9,14-17H2,1,3-7H3/t22?,23-,24-,26-/m0/s1. The number of hydrogen-bond donors (Lipinski definition) is 2. The molecule has 0 saturated heterocycles. The molecule has 2 aliphatic rings. The predicted molar refractivity (Wildman–Crippen MR) is 144 cm³/mol. The lowest BCUT2D eigenvalue weighted by Crippen LogP contribution is -2.39. The van der Waals surface area contributed by atoms with Crippen LogP contribution in [0.15, 0.2) is 53.2 Å². The molecular weight excluding hydrogens is 454 g/mol. The molecule has 1 fully saturated rings. The van der Waals surface area contributed by atoms with E-state index in [9.17, 15) is 19.5 Å². The fourth-order valence-electron chi connectivity index (χ4n) is 5.13. The summed E-state index contributed by atoms with van der Waals surface area (Å²) in [6.07, 6.45) is 11.3. The summed E-state index contributed by atoms with van der Waals surface area (Å²) in [5.74, 6) is -2.05. The first-order valence-corrected chi connectivity index (χ1v) is 12.5. The van der Waals surface area contributed by atoms with Gasteiger partial charge in [-0.2, -0.15) is 0 Å². The molecule has 1 amide bonds. The summed E-state index contributed by atoms with van der Waals surface area (Å²) in [5.41, 5.74) is 1.03. The Kier molecular flexibility index (Phi) is 10.1. The van der Waals surface area contributed by atoms with Crippen LogP contribution < -0.4 is 0 Å². The van der Waals surface area contributed by atoms with E-state index in [1.54, 1.807) is 18.9 Å². The maximum absolute atomic E-state index is 13.3. The van der Waals surface area contributed by atoms with Gasteiger partial charge in [0.1, 0.15) is 11.5 Å². The predicted octanol–water partition coefficient (Wildman–Crippen LogP) is 4.48. The lowest BCUT2D eigenvalue weighted by atomic mass is 9.71. The number of likely N-dealkylation sites (N-methyl/N-ethyl adjacent to an activating group) is 1. The molecule has 4 atom stereocenters. The number of aliphatic hydroxyl groups is 1. The summed E-state index contributed by atoms with van der Waals surface area (Å²) >= 11 is 0. The molecule has 2 N–H and O–H groups in total. The van der Waals surface area contributed by atoms with Gasteiger partial charge in [-0.15, -0.1) is 0 Å². The van der Waals surface area contributed by atoms with Crippen LogP contribution in [0.4, 0.5) is 0 Å². The van der Waals surface area contributed by atoms with Gasteiger partial charge in [0.25, 0.3) is 5.91 Å². The van der Waals surface area contributed by atoms with Crippen molar-refractivity contribution in [2.24, 2.45) is 28.2 Å². The van der Waals surface area contributed by atoms with Crippen molar-refractivity contribution in [3.05, 3.63) is 48.2 Å². The number of amides is 1. The molecule has 36 heavy (non-hydrogen) atoms. The Labute approximate surface area is 215 Å². The molecule has 7 heteroatoms. The molecule has 0 heterocycles. The van der Waals surface area contributed by atoms with Crippen molar-refractivity contribution in [3.8, 4) is 0 Å². The number of nitrogens with one attached hydrogen (secondary N) is 1. The number of rotatable bonds is 10. The van der Waals surface area contributed by atoms with Crippen LogP contribution in [0.1, 0.15) is 60.3 Å². The van der Waals surface area contributed by atoms with Crippen LogP contribution in [0, 0.1) is 28.6 Å². The summed E-state index contributed by atoms with van der Waals surface area (Å²) in [5, 5.41) is 18.6. The molecule has 2 rings (SSSR count). The van der Waals surface area contributed by atoms with E-state index in [1.165, 1.54) is 6.92 Å². The number of hydrogen-bond acceptors (Lipinski definition) is 6. The van der Waals surface area contributed by atoms with Crippen LogP contribution in [0.2, 0.25) is 0 Å². The van der Waals surface area contributed by atoms with Crippen LogP contribution in [-0.4, -0.2) is 58.6 Å². The smallest absolute Gasteiger partial charge is 0.271 e. The number of carbonyl (C=O) groups is 3. The van der Waals surface area contributed by atoms with Crippen molar-refractivity contribution in [3.63, 3.8) is 0 Å². The van der Waals surface area contributed by atoms with Gasteiger partial charge in [0.15, 0.2) is 5.78 Å². The second kappa shape index (κ2) is 12.3. The van der Waals surface area contributed by atoms with E-state index in [0.29, 0.717) is 25.1 Å². The van der Waals surface area contributed by atoms with Crippen molar-refractivity contribution in [2.45, 2.75) is 66.4 Å². The van der Waals surface area contributed by atoms with Gasteiger partial charge >= 0.3 is 0 Å². The molecule has 0 radical (unpaired) electrons. The minimum absolute atomic E-state index is 0.112. The Morgan fingerprint density at radius 2 is 1.89 bits per heavy atom. The quantitative estimate of drug-likeness (QED) is 0.344. The van der Waals surface area contributed by atoms with Gasteiger partial charge < -0.3 is 15.4 Å². The fraction of sp³-hybridized carbons (Fsp3) is 0.552. The number of Topliss-reactive ketones (excluding diaryl/α,β-unsaturated/α-hetero) is 2. The van der Waals surface area contributed by atoms with Gasteiger partial charge in [0, 0.05) is 38.6 Å². The Balaban J connectivity index is 2.14. The Bertz CT molecular complexity index is 1030. The number of nitrogens with zero attached hydrogens (tertiary/aromatic N) is 2. The summed E-state index contributed by atoms with van der Waals surface area (Å²) < 4.78 is 0. The molecule has 1 unspecified atom stereocenters. The molecule has 2 aliphatic carbocycles. The number of allylic oxidation sites excluding steroid dienone is 4. The highest BCUT2D eigenvalue weighted by atomic mass is 16.3. The zero-order valence-electron chi connectivity index (χ0n) is 22.5. The van der Waals surface area contributed by atoms with Crippen LogP contribution in [0.3, 0.4) is 0 Å². The largest absolute Gasteiger partial charge is 0.393 e. The molecule has 0 aromatic rings. The molecule has 0 spiro atoms. The van der Waals surface area contributed by atoms with Crippen LogP contribution >= 0.6 is 0 Å². The molecule has 196 valence electrons. The van der Waals surface area contributed by atoms with Crippen molar-refractivity contribution in [2.75, 3.05) is 13.6 Å². The molecular formula is C29H41N3O4. The third-order valence-electron chi connectivity index (χ3n) is 6.90. The van der Waals surface area contributed by atoms with Gasteiger partial charge in [0.2, 0.25) is 0 Å². The van der Waals surface area contributed by atoms with Crippen molar-refractivity contribution >= 4 is 28.9 Å². The van der Waals surface area contributed by atoms with Crippen molar-refractivity contribution in [1.29, 1.82) is 5.41 Å². The summed E-state index contributed by atoms with van der Waals surface area (Å²) in [7, 11) is 1.71. The maximum Gasteiger partial charge on any atom is 0.271 e. The Morgan fingerprint density at radius 3 is 2.50 bits per heavy atom. The molecule has 0 bridgehead atoms. The maximum atomic E-state index is 13.3. The second-order valence-electron chi connectivity index (χ2n) is 11.1. The zero-order chi connectivity index (χ0) is 27.2.